The van der Waals surface area contributed by atoms with E-state index in [4.69, 9.17) is 0 Å². The molecular formula is C16H15N3O4. The SMILES string of the molecule is CCC(=O)Nc1ccc(C(=O)Nc2cccc([N+](=O)[O-])c2)cc1. The van der Waals surface area contributed by atoms with Gasteiger partial charge < -0.3 is 10.6 Å². The van der Waals surface area contributed by atoms with Crippen LogP contribution in [-0.4, -0.2) is 16.7 Å². The summed E-state index contributed by atoms with van der Waals surface area (Å²) in [6.45, 7) is 1.75. The lowest BCUT2D eigenvalue weighted by molar-refractivity contribution is -0.384. The van der Waals surface area contributed by atoms with E-state index in [2.05, 4.69) is 10.6 Å². The number of nitro groups is 1. The van der Waals surface area contributed by atoms with E-state index in [1.807, 2.05) is 0 Å². The fourth-order valence-electron chi connectivity index (χ4n) is 1.85. The van der Waals surface area contributed by atoms with Crippen molar-refractivity contribution in [3.8, 4) is 0 Å². The summed E-state index contributed by atoms with van der Waals surface area (Å²) in [5, 5.41) is 16.0. The third kappa shape index (κ3) is 4.37. The number of nitrogens with one attached hydrogen (secondary N) is 2. The van der Waals surface area contributed by atoms with Crippen LogP contribution in [-0.2, 0) is 4.79 Å². The van der Waals surface area contributed by atoms with Crippen molar-refractivity contribution in [1.29, 1.82) is 0 Å². The summed E-state index contributed by atoms with van der Waals surface area (Å²) in [5.41, 5.74) is 1.22. The number of carbonyl (C=O) groups excluding carboxylic acids is 2. The Balaban J connectivity index is 2.07. The molecule has 2 aromatic carbocycles. The summed E-state index contributed by atoms with van der Waals surface area (Å²) in [6.07, 6.45) is 0.370. The number of hydrogen-bond acceptors (Lipinski definition) is 4. The number of carbonyl (C=O) groups is 2. The maximum Gasteiger partial charge on any atom is 0.271 e. The molecule has 23 heavy (non-hydrogen) atoms. The number of rotatable bonds is 5. The molecule has 118 valence electrons. The molecule has 0 aliphatic rings. The number of benzene rings is 2. The fourth-order valence-corrected chi connectivity index (χ4v) is 1.85. The van der Waals surface area contributed by atoms with Gasteiger partial charge >= 0.3 is 0 Å². The van der Waals surface area contributed by atoms with E-state index in [-0.39, 0.29) is 17.5 Å². The van der Waals surface area contributed by atoms with Crippen LogP contribution >= 0.6 is 0 Å². The Morgan fingerprint density at radius 3 is 2.35 bits per heavy atom. The largest absolute Gasteiger partial charge is 0.326 e. The molecule has 2 aromatic rings. The van der Waals surface area contributed by atoms with E-state index in [1.54, 1.807) is 37.3 Å². The summed E-state index contributed by atoms with van der Waals surface area (Å²) >= 11 is 0. The Bertz CT molecular complexity index is 741. The van der Waals surface area contributed by atoms with Gasteiger partial charge in [0.1, 0.15) is 0 Å². The second-order valence-electron chi connectivity index (χ2n) is 4.74. The lowest BCUT2D eigenvalue weighted by atomic mass is 10.2. The minimum atomic E-state index is -0.527. The van der Waals surface area contributed by atoms with Crippen LogP contribution in [0.1, 0.15) is 23.7 Å². The third-order valence-corrected chi connectivity index (χ3v) is 3.07. The van der Waals surface area contributed by atoms with Crippen molar-refractivity contribution in [2.75, 3.05) is 10.6 Å². The van der Waals surface area contributed by atoms with Gasteiger partial charge in [-0.1, -0.05) is 13.0 Å². The summed E-state index contributed by atoms with van der Waals surface area (Å²) in [6, 6.07) is 12.1. The van der Waals surface area contributed by atoms with Gasteiger partial charge in [0.15, 0.2) is 0 Å². The van der Waals surface area contributed by atoms with Gasteiger partial charge in [0.05, 0.1) is 4.92 Å². The second-order valence-corrected chi connectivity index (χ2v) is 4.74. The molecule has 7 heteroatoms. The zero-order chi connectivity index (χ0) is 16.8. The highest BCUT2D eigenvalue weighted by molar-refractivity contribution is 6.04. The van der Waals surface area contributed by atoms with Gasteiger partial charge in [0.2, 0.25) is 5.91 Å². The van der Waals surface area contributed by atoms with Crippen molar-refractivity contribution >= 4 is 28.9 Å². The normalized spacial score (nSPS) is 9.96. The van der Waals surface area contributed by atoms with E-state index in [0.717, 1.165) is 0 Å². The second kappa shape index (κ2) is 7.17. The van der Waals surface area contributed by atoms with Crippen LogP contribution in [0.15, 0.2) is 48.5 Å². The predicted molar refractivity (Wildman–Crippen MR) is 86.4 cm³/mol. The number of nitro benzene ring substituents is 1. The van der Waals surface area contributed by atoms with E-state index in [0.29, 0.717) is 23.4 Å². The first kappa shape index (κ1) is 16.2. The van der Waals surface area contributed by atoms with Crippen LogP contribution in [0.4, 0.5) is 17.1 Å². The van der Waals surface area contributed by atoms with Gasteiger partial charge in [-0.05, 0) is 30.3 Å². The van der Waals surface area contributed by atoms with Crippen molar-refractivity contribution in [1.82, 2.24) is 0 Å². The standard InChI is InChI=1S/C16H15N3O4/c1-2-15(20)17-12-8-6-11(7-9-12)16(21)18-13-4-3-5-14(10-13)19(22)23/h3-10H,2H2,1H3,(H,17,20)(H,18,21). The monoisotopic (exact) mass is 313 g/mol. The summed E-state index contributed by atoms with van der Waals surface area (Å²) in [7, 11) is 0. The smallest absolute Gasteiger partial charge is 0.271 e. The number of hydrogen-bond donors (Lipinski definition) is 2. The van der Waals surface area contributed by atoms with Crippen LogP contribution in [0.3, 0.4) is 0 Å². The van der Waals surface area contributed by atoms with Crippen LogP contribution in [0, 0.1) is 10.1 Å². The molecule has 2 amide bonds. The Kier molecular flexibility index (Phi) is 5.03. The van der Waals surface area contributed by atoms with Crippen LogP contribution in [0.25, 0.3) is 0 Å². The number of nitrogens with zero attached hydrogens (tertiary/aromatic N) is 1. The average molecular weight is 313 g/mol. The molecule has 2 N–H and O–H groups in total. The van der Waals surface area contributed by atoms with Crippen molar-refractivity contribution in [3.05, 3.63) is 64.2 Å². The Morgan fingerprint density at radius 2 is 1.74 bits per heavy atom. The first-order valence-electron chi connectivity index (χ1n) is 6.95. The lowest BCUT2D eigenvalue weighted by Crippen LogP contribution is -2.13. The molecule has 0 fully saturated rings. The van der Waals surface area contributed by atoms with Crippen LogP contribution in [0.5, 0.6) is 0 Å². The Morgan fingerprint density at radius 1 is 1.04 bits per heavy atom. The minimum absolute atomic E-state index is 0.0968. The molecule has 2 rings (SSSR count). The molecule has 0 bridgehead atoms. The highest BCUT2D eigenvalue weighted by Gasteiger charge is 2.10. The summed E-state index contributed by atoms with van der Waals surface area (Å²) in [5.74, 6) is -0.502. The number of anilines is 2. The zero-order valence-electron chi connectivity index (χ0n) is 12.4. The maximum atomic E-state index is 12.1. The summed E-state index contributed by atoms with van der Waals surface area (Å²) in [4.78, 5) is 33.6. The quantitative estimate of drug-likeness (QED) is 0.653. The fraction of sp³-hybridized carbons (Fsp3) is 0.125. The molecule has 0 spiro atoms. The van der Waals surface area contributed by atoms with Crippen molar-refractivity contribution in [2.24, 2.45) is 0 Å². The van der Waals surface area contributed by atoms with E-state index in [9.17, 15) is 19.7 Å². The van der Waals surface area contributed by atoms with Crippen molar-refractivity contribution in [2.45, 2.75) is 13.3 Å². The molecular weight excluding hydrogens is 298 g/mol. The van der Waals surface area contributed by atoms with E-state index < -0.39 is 4.92 Å². The molecule has 0 radical (unpaired) electrons. The first-order chi connectivity index (χ1) is 11.0. The minimum Gasteiger partial charge on any atom is -0.326 e. The Labute approximate surface area is 132 Å². The predicted octanol–water partition coefficient (Wildman–Crippen LogP) is 3.20. The van der Waals surface area contributed by atoms with Gasteiger partial charge in [0.25, 0.3) is 11.6 Å². The molecule has 0 aromatic heterocycles. The third-order valence-electron chi connectivity index (χ3n) is 3.07. The molecule has 0 saturated heterocycles. The first-order valence-corrected chi connectivity index (χ1v) is 6.95. The molecule has 0 aliphatic carbocycles. The lowest BCUT2D eigenvalue weighted by Gasteiger charge is -2.07. The van der Waals surface area contributed by atoms with Gasteiger partial charge in [-0.3, -0.25) is 19.7 Å². The average Bonchev–Trinajstić information content (AvgIpc) is 2.55. The van der Waals surface area contributed by atoms with Crippen molar-refractivity contribution in [3.63, 3.8) is 0 Å². The highest BCUT2D eigenvalue weighted by atomic mass is 16.6. The summed E-state index contributed by atoms with van der Waals surface area (Å²) < 4.78 is 0. The van der Waals surface area contributed by atoms with Crippen LogP contribution in [0.2, 0.25) is 0 Å². The van der Waals surface area contributed by atoms with Gasteiger partial charge in [-0.15, -0.1) is 0 Å². The molecule has 7 nitrogen and oxygen atoms in total. The van der Waals surface area contributed by atoms with Gasteiger partial charge in [0, 0.05) is 35.5 Å². The van der Waals surface area contributed by atoms with Crippen molar-refractivity contribution < 1.29 is 14.5 Å². The van der Waals surface area contributed by atoms with Gasteiger partial charge in [-0.2, -0.15) is 0 Å². The van der Waals surface area contributed by atoms with Gasteiger partial charge in [-0.25, -0.2) is 0 Å². The maximum absolute atomic E-state index is 12.1. The number of amides is 2. The topological polar surface area (TPSA) is 101 Å². The molecule has 0 atom stereocenters. The molecule has 0 aliphatic heterocycles. The van der Waals surface area contributed by atoms with E-state index >= 15 is 0 Å². The highest BCUT2D eigenvalue weighted by Crippen LogP contribution is 2.18. The molecule has 0 heterocycles. The molecule has 0 saturated carbocycles. The van der Waals surface area contributed by atoms with Crippen LogP contribution < -0.4 is 10.6 Å². The Hall–Kier alpha value is -3.22. The molecule has 0 unspecified atom stereocenters. The van der Waals surface area contributed by atoms with E-state index in [1.165, 1.54) is 18.2 Å². The zero-order valence-corrected chi connectivity index (χ0v) is 12.4. The number of non-ortho nitro benzene ring substituents is 1.